The number of hydrogen-bond acceptors (Lipinski definition) is 7. The topological polar surface area (TPSA) is 77.1 Å². The second kappa shape index (κ2) is 9.31. The maximum Gasteiger partial charge on any atom is 0.326 e. The molecule has 2 saturated carbocycles. The first-order valence-electron chi connectivity index (χ1n) is 11.2. The van der Waals surface area contributed by atoms with Crippen LogP contribution >= 0.6 is 0 Å². The van der Waals surface area contributed by atoms with Gasteiger partial charge in [0, 0.05) is 19.6 Å². The first-order chi connectivity index (χ1) is 13.7. The zero-order chi connectivity index (χ0) is 21.1. The fourth-order valence-corrected chi connectivity index (χ4v) is 4.35. The monoisotopic (exact) mass is 410 g/mol. The molecule has 3 fully saturated rings. The Balaban J connectivity index is 1.53. The summed E-state index contributed by atoms with van der Waals surface area (Å²) in [5.74, 6) is -0.247. The van der Waals surface area contributed by atoms with Crippen molar-refractivity contribution < 1.29 is 23.8 Å². The van der Waals surface area contributed by atoms with Crippen LogP contribution in [0, 0.1) is 5.92 Å². The lowest BCUT2D eigenvalue weighted by Crippen LogP contribution is -2.51. The van der Waals surface area contributed by atoms with Crippen LogP contribution in [0.5, 0.6) is 0 Å². The van der Waals surface area contributed by atoms with Crippen LogP contribution in [0.3, 0.4) is 0 Å². The van der Waals surface area contributed by atoms with Gasteiger partial charge in [0.2, 0.25) is 0 Å². The zero-order valence-electron chi connectivity index (χ0n) is 18.5. The summed E-state index contributed by atoms with van der Waals surface area (Å²) in [6, 6.07) is 0. The van der Waals surface area contributed by atoms with Crippen molar-refractivity contribution in [3.8, 4) is 0 Å². The molecule has 7 heteroatoms. The molecule has 0 aromatic rings. The second-order valence-corrected chi connectivity index (χ2v) is 9.80. The number of ether oxygens (including phenoxy) is 3. The minimum atomic E-state index is -0.544. The van der Waals surface area contributed by atoms with Gasteiger partial charge in [-0.2, -0.15) is 0 Å². The third-order valence-corrected chi connectivity index (χ3v) is 6.26. The molecule has 0 aromatic heterocycles. The third-order valence-electron chi connectivity index (χ3n) is 6.26. The molecule has 7 nitrogen and oxygen atoms in total. The Morgan fingerprint density at radius 2 is 1.72 bits per heavy atom. The first kappa shape index (κ1) is 22.5. The minimum Gasteiger partial charge on any atom is -0.469 e. The quantitative estimate of drug-likeness (QED) is 0.616. The van der Waals surface area contributed by atoms with E-state index in [0.717, 1.165) is 51.6 Å². The molecule has 3 rings (SSSR count). The summed E-state index contributed by atoms with van der Waals surface area (Å²) in [4.78, 5) is 26.8. The van der Waals surface area contributed by atoms with Crippen LogP contribution in [-0.2, 0) is 23.8 Å². The van der Waals surface area contributed by atoms with Gasteiger partial charge in [-0.25, -0.2) is 0 Å². The lowest BCUT2D eigenvalue weighted by molar-refractivity contribution is -0.159. The molecule has 166 valence electrons. The number of carbonyl (C=O) groups is 2. The van der Waals surface area contributed by atoms with Crippen LogP contribution in [0.2, 0.25) is 0 Å². The van der Waals surface area contributed by atoms with E-state index >= 15 is 0 Å². The molecule has 1 N–H and O–H groups in total. The van der Waals surface area contributed by atoms with Gasteiger partial charge in [-0.15, -0.1) is 0 Å². The number of methoxy groups -OCH3 is 1. The largest absolute Gasteiger partial charge is 0.469 e. The van der Waals surface area contributed by atoms with Gasteiger partial charge in [0.05, 0.1) is 19.1 Å². The van der Waals surface area contributed by atoms with Crippen molar-refractivity contribution in [2.24, 2.45) is 5.92 Å². The maximum absolute atomic E-state index is 12.6. The highest BCUT2D eigenvalue weighted by molar-refractivity contribution is 5.84. The van der Waals surface area contributed by atoms with Crippen LogP contribution < -0.4 is 5.32 Å². The molecule has 29 heavy (non-hydrogen) atoms. The lowest BCUT2D eigenvalue weighted by atomic mass is 9.87. The van der Waals surface area contributed by atoms with E-state index < -0.39 is 11.1 Å². The van der Waals surface area contributed by atoms with E-state index in [0.29, 0.717) is 6.54 Å². The number of nitrogens with zero attached hydrogens (tertiary/aromatic N) is 1. The van der Waals surface area contributed by atoms with Crippen LogP contribution in [0.15, 0.2) is 0 Å². The summed E-state index contributed by atoms with van der Waals surface area (Å²) in [5.41, 5.74) is -1.02. The van der Waals surface area contributed by atoms with E-state index in [9.17, 15) is 9.59 Å². The summed E-state index contributed by atoms with van der Waals surface area (Å²) in [6.07, 6.45) is 7.51. The Kier molecular flexibility index (Phi) is 7.23. The average Bonchev–Trinajstić information content (AvgIpc) is 3.28. The molecule has 0 bridgehead atoms. The SMILES string of the molecule is COC(=O)C1CCC(OC(CNC2(C(=O)OC(C)(C)C)CC2)N2CCCC2)CC1. The summed E-state index contributed by atoms with van der Waals surface area (Å²) in [6.45, 7) is 8.40. The van der Waals surface area contributed by atoms with Gasteiger partial charge >= 0.3 is 11.9 Å². The van der Waals surface area contributed by atoms with Gasteiger partial charge in [0.25, 0.3) is 0 Å². The Morgan fingerprint density at radius 3 is 2.24 bits per heavy atom. The molecule has 1 heterocycles. The zero-order valence-corrected chi connectivity index (χ0v) is 18.5. The van der Waals surface area contributed by atoms with E-state index in [1.54, 1.807) is 0 Å². The van der Waals surface area contributed by atoms with Gasteiger partial charge in [0.1, 0.15) is 17.4 Å². The molecule has 3 aliphatic rings. The number of rotatable bonds is 8. The van der Waals surface area contributed by atoms with Crippen molar-refractivity contribution in [3.63, 3.8) is 0 Å². The smallest absolute Gasteiger partial charge is 0.326 e. The number of carbonyl (C=O) groups excluding carboxylic acids is 2. The van der Waals surface area contributed by atoms with Crippen molar-refractivity contribution in [1.82, 2.24) is 10.2 Å². The van der Waals surface area contributed by atoms with Crippen molar-refractivity contribution in [2.75, 3.05) is 26.7 Å². The van der Waals surface area contributed by atoms with Crippen molar-refractivity contribution in [2.45, 2.75) is 95.6 Å². The fraction of sp³-hybridized carbons (Fsp3) is 0.909. The highest BCUT2D eigenvalue weighted by Gasteiger charge is 2.52. The Hall–Kier alpha value is -1.18. The summed E-state index contributed by atoms with van der Waals surface area (Å²) in [7, 11) is 1.46. The van der Waals surface area contributed by atoms with Gasteiger partial charge < -0.3 is 14.2 Å². The molecule has 0 amide bonds. The first-order valence-corrected chi connectivity index (χ1v) is 11.2. The fourth-order valence-electron chi connectivity index (χ4n) is 4.35. The van der Waals surface area contributed by atoms with E-state index in [1.165, 1.54) is 20.0 Å². The molecule has 1 saturated heterocycles. The molecule has 0 radical (unpaired) electrons. The Labute approximate surface area is 174 Å². The predicted octanol–water partition coefficient (Wildman–Crippen LogP) is 2.62. The maximum atomic E-state index is 12.6. The highest BCUT2D eigenvalue weighted by Crippen LogP contribution is 2.38. The lowest BCUT2D eigenvalue weighted by Gasteiger charge is -2.35. The normalized spacial score (nSPS) is 28.0. The molecule has 0 spiro atoms. The number of nitrogens with one attached hydrogen (secondary N) is 1. The molecule has 1 aliphatic heterocycles. The number of esters is 2. The molecular formula is C22H38N2O5. The van der Waals surface area contributed by atoms with Gasteiger partial charge in [-0.1, -0.05) is 0 Å². The van der Waals surface area contributed by atoms with Crippen molar-refractivity contribution in [3.05, 3.63) is 0 Å². The van der Waals surface area contributed by atoms with Crippen molar-refractivity contribution >= 4 is 11.9 Å². The second-order valence-electron chi connectivity index (χ2n) is 9.80. The minimum absolute atomic E-state index is 0.00473. The van der Waals surface area contributed by atoms with Gasteiger partial charge in [-0.3, -0.25) is 19.8 Å². The van der Waals surface area contributed by atoms with Gasteiger partial charge in [0.15, 0.2) is 0 Å². The Morgan fingerprint density at radius 1 is 1.10 bits per heavy atom. The van der Waals surface area contributed by atoms with E-state index in [2.05, 4.69) is 10.2 Å². The van der Waals surface area contributed by atoms with Gasteiger partial charge in [-0.05, 0) is 72.1 Å². The third kappa shape index (κ3) is 6.15. The average molecular weight is 411 g/mol. The predicted molar refractivity (Wildman–Crippen MR) is 109 cm³/mol. The van der Waals surface area contributed by atoms with Crippen LogP contribution in [0.25, 0.3) is 0 Å². The van der Waals surface area contributed by atoms with E-state index in [4.69, 9.17) is 14.2 Å². The number of hydrogen-bond donors (Lipinski definition) is 1. The number of likely N-dealkylation sites (tertiary alicyclic amines) is 1. The molecule has 2 aliphatic carbocycles. The standard InChI is InChI=1S/C22H38N2O5/c1-21(2,3)29-20(26)22(11-12-22)23-15-18(24-13-5-6-14-24)28-17-9-7-16(8-10-17)19(25)27-4/h16-18,23H,5-15H2,1-4H3. The molecule has 1 atom stereocenters. The van der Waals surface area contributed by atoms with E-state index in [-0.39, 0.29) is 30.2 Å². The summed E-state index contributed by atoms with van der Waals surface area (Å²) in [5, 5.41) is 3.48. The van der Waals surface area contributed by atoms with Crippen molar-refractivity contribution in [1.29, 1.82) is 0 Å². The highest BCUT2D eigenvalue weighted by atomic mass is 16.6. The van der Waals surface area contributed by atoms with Crippen LogP contribution in [-0.4, -0.2) is 67.1 Å². The van der Waals surface area contributed by atoms with Crippen LogP contribution in [0.4, 0.5) is 0 Å². The molecule has 1 unspecified atom stereocenters. The molecular weight excluding hydrogens is 372 g/mol. The Bertz CT molecular complexity index is 570. The summed E-state index contributed by atoms with van der Waals surface area (Å²) >= 11 is 0. The van der Waals surface area contributed by atoms with Crippen LogP contribution in [0.1, 0.15) is 72.1 Å². The van der Waals surface area contributed by atoms with E-state index in [1.807, 2.05) is 20.8 Å². The molecule has 0 aromatic carbocycles. The summed E-state index contributed by atoms with van der Waals surface area (Å²) < 4.78 is 17.0.